The Morgan fingerprint density at radius 3 is 2.59 bits per heavy atom. The molecule has 0 aliphatic carbocycles. The molecule has 0 radical (unpaired) electrons. The lowest BCUT2D eigenvalue weighted by atomic mass is 9.99. The molecule has 1 aliphatic heterocycles. The van der Waals surface area contributed by atoms with E-state index in [2.05, 4.69) is 6.07 Å². The number of quaternary nitrogens is 1. The first-order valence-electron chi connectivity index (χ1n) is 8.82. The summed E-state index contributed by atoms with van der Waals surface area (Å²) < 4.78 is 11.6. The van der Waals surface area contributed by atoms with Gasteiger partial charge in [-0.05, 0) is 44.5 Å². The maximum absolute atomic E-state index is 12.1. The van der Waals surface area contributed by atoms with Crippen LogP contribution < -0.4 is 15.3 Å². The maximum Gasteiger partial charge on any atom is 0.339 e. The van der Waals surface area contributed by atoms with Crippen molar-refractivity contribution in [2.45, 2.75) is 33.9 Å². The van der Waals surface area contributed by atoms with Crippen molar-refractivity contribution in [1.82, 2.24) is 0 Å². The average Bonchev–Trinajstić information content (AvgIpc) is 2.63. The number of nitrogens with one attached hydrogen (secondary N) is 1. The Morgan fingerprint density at radius 2 is 1.85 bits per heavy atom. The summed E-state index contributed by atoms with van der Waals surface area (Å²) in [5.74, 6) is 0.819. The van der Waals surface area contributed by atoms with Crippen molar-refractivity contribution >= 4 is 34.2 Å². The number of benzene rings is 2. The van der Waals surface area contributed by atoms with Crippen LogP contribution in [0.15, 0.2) is 33.5 Å². The molecule has 6 heteroatoms. The van der Waals surface area contributed by atoms with Crippen molar-refractivity contribution < 1.29 is 14.1 Å². The third-order valence-corrected chi connectivity index (χ3v) is 5.91. The van der Waals surface area contributed by atoms with Gasteiger partial charge in [0.25, 0.3) is 0 Å². The normalized spacial score (nSPS) is 16.3. The minimum Gasteiger partial charge on any atom is -0.444 e. The van der Waals surface area contributed by atoms with Crippen LogP contribution in [0, 0.1) is 20.8 Å². The standard InChI is InChI=1S/C21H19Cl2NO3/c1-11-12(2)21(25)27-20-13(3)19-15(6-17(11)20)9-24(10-26-19)8-14-4-5-16(22)7-18(14)23/h4-7H,8-10H2,1-3H3/p+1. The molecule has 0 saturated heterocycles. The van der Waals surface area contributed by atoms with Crippen molar-refractivity contribution in [3.63, 3.8) is 0 Å². The van der Waals surface area contributed by atoms with Crippen LogP contribution in [0.1, 0.15) is 27.8 Å². The first-order chi connectivity index (χ1) is 12.8. The van der Waals surface area contributed by atoms with E-state index in [-0.39, 0.29) is 5.63 Å². The number of fused-ring (bicyclic) bond motifs is 2. The molecule has 1 aromatic heterocycles. The van der Waals surface area contributed by atoms with Crippen molar-refractivity contribution in [2.24, 2.45) is 0 Å². The highest BCUT2D eigenvalue weighted by Crippen LogP contribution is 2.34. The van der Waals surface area contributed by atoms with Crippen LogP contribution in [-0.2, 0) is 13.1 Å². The lowest BCUT2D eigenvalue weighted by Gasteiger charge is -2.28. The van der Waals surface area contributed by atoms with Gasteiger partial charge in [-0.1, -0.05) is 29.3 Å². The molecule has 0 spiro atoms. The molecule has 2 heterocycles. The van der Waals surface area contributed by atoms with Crippen molar-refractivity contribution in [1.29, 1.82) is 0 Å². The Bertz CT molecular complexity index is 1120. The quantitative estimate of drug-likeness (QED) is 0.657. The van der Waals surface area contributed by atoms with E-state index in [1.807, 2.05) is 26.0 Å². The molecule has 140 valence electrons. The highest BCUT2D eigenvalue weighted by molar-refractivity contribution is 6.35. The predicted octanol–water partition coefficient (Wildman–Crippen LogP) is 3.96. The molecule has 4 rings (SSSR count). The molecule has 4 nitrogen and oxygen atoms in total. The second kappa shape index (κ2) is 6.86. The molecule has 0 fully saturated rings. The van der Waals surface area contributed by atoms with E-state index < -0.39 is 0 Å². The van der Waals surface area contributed by atoms with Gasteiger partial charge in [-0.25, -0.2) is 4.79 Å². The summed E-state index contributed by atoms with van der Waals surface area (Å²) in [6, 6.07) is 7.67. The van der Waals surface area contributed by atoms with Crippen LogP contribution in [0.2, 0.25) is 10.0 Å². The van der Waals surface area contributed by atoms with E-state index in [0.717, 1.165) is 46.5 Å². The number of aryl methyl sites for hydroxylation is 2. The smallest absolute Gasteiger partial charge is 0.339 e. The maximum atomic E-state index is 12.1. The monoisotopic (exact) mass is 404 g/mol. The van der Waals surface area contributed by atoms with Gasteiger partial charge >= 0.3 is 5.63 Å². The molecule has 27 heavy (non-hydrogen) atoms. The summed E-state index contributed by atoms with van der Waals surface area (Å²) in [4.78, 5) is 13.3. The lowest BCUT2D eigenvalue weighted by Crippen LogP contribution is -3.10. The van der Waals surface area contributed by atoms with Gasteiger partial charge in [-0.3, -0.25) is 4.90 Å². The fourth-order valence-corrected chi connectivity index (χ4v) is 4.14. The largest absolute Gasteiger partial charge is 0.444 e. The van der Waals surface area contributed by atoms with Crippen LogP contribution in [0.3, 0.4) is 0 Å². The Kier molecular flexibility index (Phi) is 4.66. The topological polar surface area (TPSA) is 43.9 Å². The van der Waals surface area contributed by atoms with Crippen LogP contribution in [-0.4, -0.2) is 6.73 Å². The molecule has 0 saturated carbocycles. The molecular formula is C21H20Cl2NO3+. The second-order valence-corrected chi connectivity index (χ2v) is 7.98. The summed E-state index contributed by atoms with van der Waals surface area (Å²) >= 11 is 12.3. The summed E-state index contributed by atoms with van der Waals surface area (Å²) in [5.41, 5.74) is 4.97. The van der Waals surface area contributed by atoms with Gasteiger partial charge in [0.2, 0.25) is 6.73 Å². The lowest BCUT2D eigenvalue weighted by molar-refractivity contribution is -0.945. The number of hydrogen-bond donors (Lipinski definition) is 1. The molecule has 1 N–H and O–H groups in total. The van der Waals surface area contributed by atoms with Gasteiger partial charge < -0.3 is 9.15 Å². The van der Waals surface area contributed by atoms with Crippen LogP contribution in [0.5, 0.6) is 5.75 Å². The van der Waals surface area contributed by atoms with E-state index in [1.54, 1.807) is 13.0 Å². The third kappa shape index (κ3) is 3.22. The zero-order chi connectivity index (χ0) is 19.3. The highest BCUT2D eigenvalue weighted by Gasteiger charge is 2.26. The summed E-state index contributed by atoms with van der Waals surface area (Å²) in [7, 11) is 0. The Hall–Kier alpha value is -2.01. The minimum atomic E-state index is -0.288. The van der Waals surface area contributed by atoms with E-state index in [4.69, 9.17) is 32.4 Å². The Labute approximate surface area is 167 Å². The fraction of sp³-hybridized carbons (Fsp3) is 0.286. The average molecular weight is 405 g/mol. The van der Waals surface area contributed by atoms with Crippen molar-refractivity contribution in [3.8, 4) is 5.75 Å². The number of rotatable bonds is 2. The van der Waals surface area contributed by atoms with Gasteiger partial charge in [0.05, 0.1) is 5.02 Å². The van der Waals surface area contributed by atoms with Gasteiger partial charge in [0.1, 0.15) is 24.4 Å². The van der Waals surface area contributed by atoms with Gasteiger partial charge in [-0.15, -0.1) is 0 Å². The van der Waals surface area contributed by atoms with E-state index in [1.165, 1.54) is 4.90 Å². The minimum absolute atomic E-state index is 0.288. The molecule has 0 bridgehead atoms. The number of halogens is 2. The summed E-state index contributed by atoms with van der Waals surface area (Å²) in [5, 5.41) is 2.27. The van der Waals surface area contributed by atoms with Crippen LogP contribution in [0.4, 0.5) is 0 Å². The first kappa shape index (κ1) is 18.4. The van der Waals surface area contributed by atoms with Crippen molar-refractivity contribution in [3.05, 3.63) is 72.5 Å². The zero-order valence-electron chi connectivity index (χ0n) is 15.4. The molecule has 1 aliphatic rings. The zero-order valence-corrected chi connectivity index (χ0v) is 16.9. The van der Waals surface area contributed by atoms with Gasteiger partial charge in [-0.2, -0.15) is 0 Å². The highest BCUT2D eigenvalue weighted by atomic mass is 35.5. The SMILES string of the molecule is Cc1c(C)c2cc3c(c(C)c2oc1=O)OC[NH+](Cc1ccc(Cl)cc1Cl)C3. The van der Waals surface area contributed by atoms with Crippen molar-refractivity contribution in [2.75, 3.05) is 6.73 Å². The number of hydrogen-bond acceptors (Lipinski definition) is 3. The van der Waals surface area contributed by atoms with E-state index in [9.17, 15) is 4.79 Å². The molecule has 2 aromatic carbocycles. The Morgan fingerprint density at radius 1 is 1.07 bits per heavy atom. The van der Waals surface area contributed by atoms with Gasteiger partial charge in [0, 0.05) is 32.7 Å². The molecule has 1 atom stereocenters. The van der Waals surface area contributed by atoms with E-state index >= 15 is 0 Å². The van der Waals surface area contributed by atoms with Crippen LogP contribution in [0.25, 0.3) is 11.0 Å². The predicted molar refractivity (Wildman–Crippen MR) is 107 cm³/mol. The second-order valence-electron chi connectivity index (χ2n) is 7.13. The molecular weight excluding hydrogens is 385 g/mol. The number of ether oxygens (including phenoxy) is 1. The summed E-state index contributed by atoms with van der Waals surface area (Å²) in [6.45, 7) is 7.78. The first-order valence-corrected chi connectivity index (χ1v) is 9.57. The van der Waals surface area contributed by atoms with Crippen LogP contribution >= 0.6 is 23.2 Å². The fourth-order valence-electron chi connectivity index (χ4n) is 3.66. The third-order valence-electron chi connectivity index (χ3n) is 5.32. The molecule has 0 amide bonds. The Balaban J connectivity index is 1.72. The van der Waals surface area contributed by atoms with Gasteiger partial charge in [0.15, 0.2) is 0 Å². The molecule has 1 unspecified atom stereocenters. The summed E-state index contributed by atoms with van der Waals surface area (Å²) in [6.07, 6.45) is 0. The molecule has 3 aromatic rings. The van der Waals surface area contributed by atoms with E-state index in [0.29, 0.717) is 27.9 Å².